The summed E-state index contributed by atoms with van der Waals surface area (Å²) in [7, 11) is 6.09. The van der Waals surface area contributed by atoms with Gasteiger partial charge in [0.05, 0.1) is 34.5 Å². The minimum absolute atomic E-state index is 0.0242. The van der Waals surface area contributed by atoms with Gasteiger partial charge in [-0.1, -0.05) is 6.07 Å². The lowest BCUT2D eigenvalue weighted by Crippen LogP contribution is -2.05. The Bertz CT molecular complexity index is 770. The number of phenols is 1. The van der Waals surface area contributed by atoms with E-state index in [9.17, 15) is 10.2 Å². The highest BCUT2D eigenvalue weighted by Crippen LogP contribution is 2.41. The van der Waals surface area contributed by atoms with E-state index < -0.39 is 6.10 Å². The summed E-state index contributed by atoms with van der Waals surface area (Å²) in [6.45, 7) is 1.67. The van der Waals surface area contributed by atoms with E-state index in [2.05, 4.69) is 0 Å². The van der Waals surface area contributed by atoms with E-state index in [1.165, 1.54) is 28.4 Å². The van der Waals surface area contributed by atoms with Gasteiger partial charge in [0.1, 0.15) is 0 Å². The number of phenolic OH excluding ortho intramolecular Hbond substituents is 1. The average molecular weight is 360 g/mol. The van der Waals surface area contributed by atoms with Gasteiger partial charge in [0.15, 0.2) is 23.0 Å². The molecule has 0 heterocycles. The number of aromatic hydroxyl groups is 1. The summed E-state index contributed by atoms with van der Waals surface area (Å²) < 4.78 is 21.1. The second-order valence-electron chi connectivity index (χ2n) is 5.62. The van der Waals surface area contributed by atoms with Crippen LogP contribution in [0.5, 0.6) is 28.7 Å². The Labute approximate surface area is 153 Å². The molecule has 140 valence electrons. The molecule has 0 radical (unpaired) electrons. The van der Waals surface area contributed by atoms with Crippen molar-refractivity contribution in [2.75, 3.05) is 28.4 Å². The van der Waals surface area contributed by atoms with E-state index in [4.69, 9.17) is 18.9 Å². The Morgan fingerprint density at radius 1 is 0.885 bits per heavy atom. The zero-order chi connectivity index (χ0) is 19.3. The number of ether oxygens (including phenoxy) is 4. The molecule has 2 rings (SSSR count). The number of rotatable bonds is 7. The quantitative estimate of drug-likeness (QED) is 0.738. The predicted molar refractivity (Wildman–Crippen MR) is 100 cm³/mol. The molecule has 0 aliphatic carbocycles. The van der Waals surface area contributed by atoms with Gasteiger partial charge in [0, 0.05) is 0 Å². The van der Waals surface area contributed by atoms with Gasteiger partial charge in [-0.3, -0.25) is 0 Å². The highest BCUT2D eigenvalue weighted by Gasteiger charge is 2.17. The van der Waals surface area contributed by atoms with Gasteiger partial charge in [-0.05, 0) is 54.0 Å². The third-order valence-electron chi connectivity index (χ3n) is 3.97. The van der Waals surface area contributed by atoms with E-state index in [1.807, 2.05) is 0 Å². The Hall–Kier alpha value is -2.86. The fourth-order valence-electron chi connectivity index (χ4n) is 2.67. The van der Waals surface area contributed by atoms with Crippen molar-refractivity contribution in [1.29, 1.82) is 0 Å². The molecule has 1 atom stereocenters. The summed E-state index contributed by atoms with van der Waals surface area (Å²) in [4.78, 5) is 0. The van der Waals surface area contributed by atoms with Crippen LogP contribution in [0.3, 0.4) is 0 Å². The van der Waals surface area contributed by atoms with Gasteiger partial charge in [-0.25, -0.2) is 0 Å². The van der Waals surface area contributed by atoms with Crippen LogP contribution < -0.4 is 18.9 Å². The molecule has 6 nitrogen and oxygen atoms in total. The first-order chi connectivity index (χ1) is 12.4. The largest absolute Gasteiger partial charge is 0.504 e. The summed E-state index contributed by atoms with van der Waals surface area (Å²) in [5.74, 6) is 1.87. The maximum absolute atomic E-state index is 10.3. The summed E-state index contributed by atoms with van der Waals surface area (Å²) >= 11 is 0. The van der Waals surface area contributed by atoms with E-state index >= 15 is 0 Å². The van der Waals surface area contributed by atoms with Crippen LogP contribution >= 0.6 is 0 Å². The molecule has 0 fully saturated rings. The summed E-state index contributed by atoms with van der Waals surface area (Å²) in [6.07, 6.45) is 1.02. The Kier molecular flexibility index (Phi) is 6.36. The van der Waals surface area contributed by atoms with Crippen molar-refractivity contribution < 1.29 is 29.2 Å². The third-order valence-corrected chi connectivity index (χ3v) is 3.97. The first kappa shape index (κ1) is 19.5. The average Bonchev–Trinajstić information content (AvgIpc) is 2.64. The van der Waals surface area contributed by atoms with E-state index in [0.29, 0.717) is 39.7 Å². The molecule has 6 heteroatoms. The SMILES string of the molecule is COc1ccc(/C=C(/c2cc(OC)c(OC)c(OC)c2)C(C)O)cc1O. The van der Waals surface area contributed by atoms with Crippen LogP contribution in [0.1, 0.15) is 18.1 Å². The van der Waals surface area contributed by atoms with Gasteiger partial charge in [-0.15, -0.1) is 0 Å². The van der Waals surface area contributed by atoms with Crippen LogP contribution in [0.2, 0.25) is 0 Å². The number of benzene rings is 2. The molecule has 0 aliphatic rings. The summed E-state index contributed by atoms with van der Waals surface area (Å²) in [5, 5.41) is 20.3. The molecule has 1 unspecified atom stereocenters. The zero-order valence-electron chi connectivity index (χ0n) is 15.6. The van der Waals surface area contributed by atoms with Crippen molar-refractivity contribution in [2.24, 2.45) is 0 Å². The Morgan fingerprint density at radius 3 is 1.88 bits per heavy atom. The molecule has 26 heavy (non-hydrogen) atoms. The predicted octanol–water partition coefficient (Wildman–Crippen LogP) is 3.35. The van der Waals surface area contributed by atoms with E-state index in [1.54, 1.807) is 43.3 Å². The van der Waals surface area contributed by atoms with Crippen molar-refractivity contribution in [3.8, 4) is 28.7 Å². The number of hydrogen-bond acceptors (Lipinski definition) is 6. The fraction of sp³-hybridized carbons (Fsp3) is 0.300. The smallest absolute Gasteiger partial charge is 0.203 e. The molecule has 0 saturated carbocycles. The first-order valence-electron chi connectivity index (χ1n) is 8.02. The summed E-state index contributed by atoms with van der Waals surface area (Å²) in [5.41, 5.74) is 2.06. The number of aliphatic hydroxyl groups is 1. The first-order valence-corrected chi connectivity index (χ1v) is 8.02. The minimum atomic E-state index is -0.762. The second kappa shape index (κ2) is 8.49. The van der Waals surface area contributed by atoms with Crippen molar-refractivity contribution in [1.82, 2.24) is 0 Å². The van der Waals surface area contributed by atoms with Gasteiger partial charge in [0.25, 0.3) is 0 Å². The fourth-order valence-corrected chi connectivity index (χ4v) is 2.67. The lowest BCUT2D eigenvalue weighted by atomic mass is 9.97. The topological polar surface area (TPSA) is 77.4 Å². The summed E-state index contributed by atoms with van der Waals surface area (Å²) in [6, 6.07) is 8.56. The van der Waals surface area contributed by atoms with Crippen molar-refractivity contribution >= 4 is 11.6 Å². The van der Waals surface area contributed by atoms with Crippen molar-refractivity contribution in [3.63, 3.8) is 0 Å². The number of hydrogen-bond donors (Lipinski definition) is 2. The van der Waals surface area contributed by atoms with E-state index in [0.717, 1.165) is 0 Å². The molecule has 0 aliphatic heterocycles. The lowest BCUT2D eigenvalue weighted by Gasteiger charge is -2.17. The van der Waals surface area contributed by atoms with Gasteiger partial charge in [-0.2, -0.15) is 0 Å². The van der Waals surface area contributed by atoms with Gasteiger partial charge < -0.3 is 29.2 Å². The lowest BCUT2D eigenvalue weighted by molar-refractivity contribution is 0.254. The molecule has 0 saturated heterocycles. The van der Waals surface area contributed by atoms with Crippen LogP contribution in [0.15, 0.2) is 30.3 Å². The molecule has 0 bridgehead atoms. The van der Waals surface area contributed by atoms with E-state index in [-0.39, 0.29) is 5.75 Å². The molecule has 0 amide bonds. The standard InChI is InChI=1S/C20H24O6/c1-12(21)15(8-13-6-7-17(23-2)16(22)9-13)14-10-18(24-3)20(26-5)19(11-14)25-4/h6-12,21-22H,1-5H3/b15-8+. The van der Waals surface area contributed by atoms with Crippen LogP contribution in [0, 0.1) is 0 Å². The zero-order valence-corrected chi connectivity index (χ0v) is 15.6. The van der Waals surface area contributed by atoms with Gasteiger partial charge >= 0.3 is 0 Å². The molecule has 2 aromatic carbocycles. The molecule has 2 N–H and O–H groups in total. The molecule has 0 spiro atoms. The van der Waals surface area contributed by atoms with Crippen LogP contribution in [-0.4, -0.2) is 44.8 Å². The Balaban J connectivity index is 2.58. The normalized spacial score (nSPS) is 12.5. The van der Waals surface area contributed by atoms with Crippen LogP contribution in [-0.2, 0) is 0 Å². The monoisotopic (exact) mass is 360 g/mol. The third kappa shape index (κ3) is 4.03. The van der Waals surface area contributed by atoms with Crippen molar-refractivity contribution in [2.45, 2.75) is 13.0 Å². The maximum Gasteiger partial charge on any atom is 0.203 e. The molecule has 0 aromatic heterocycles. The molecular formula is C20H24O6. The van der Waals surface area contributed by atoms with Crippen LogP contribution in [0.4, 0.5) is 0 Å². The number of aliphatic hydroxyl groups excluding tert-OH is 1. The molecular weight excluding hydrogens is 336 g/mol. The van der Waals surface area contributed by atoms with Crippen molar-refractivity contribution in [3.05, 3.63) is 41.5 Å². The highest BCUT2D eigenvalue weighted by atomic mass is 16.5. The van der Waals surface area contributed by atoms with Gasteiger partial charge in [0.2, 0.25) is 5.75 Å². The Morgan fingerprint density at radius 2 is 1.46 bits per heavy atom. The maximum atomic E-state index is 10.3. The molecule has 2 aromatic rings. The minimum Gasteiger partial charge on any atom is -0.504 e. The van der Waals surface area contributed by atoms with Crippen LogP contribution in [0.25, 0.3) is 11.6 Å². The number of methoxy groups -OCH3 is 4. The highest BCUT2D eigenvalue weighted by molar-refractivity contribution is 5.85. The second-order valence-corrected chi connectivity index (χ2v) is 5.62.